The molecule has 2 atom stereocenters. The van der Waals surface area contributed by atoms with Crippen molar-refractivity contribution in [2.75, 3.05) is 13.3 Å². The van der Waals surface area contributed by atoms with Gasteiger partial charge >= 0.3 is 0 Å². The summed E-state index contributed by atoms with van der Waals surface area (Å²) in [6.07, 6.45) is 0. The van der Waals surface area contributed by atoms with Crippen molar-refractivity contribution in [2.45, 2.75) is 10.5 Å². The molecule has 0 bridgehead atoms. The summed E-state index contributed by atoms with van der Waals surface area (Å²) in [4.78, 5) is 0. The van der Waals surface area contributed by atoms with Crippen LogP contribution in [0.5, 0.6) is 0 Å². The van der Waals surface area contributed by atoms with Gasteiger partial charge in [-0.1, -0.05) is 60.7 Å². The van der Waals surface area contributed by atoms with Gasteiger partial charge in [0.15, 0.2) is 0 Å². The Hall–Kier alpha value is -1.04. The molecule has 2 rings (SSSR count). The van der Waals surface area contributed by atoms with Gasteiger partial charge in [-0.2, -0.15) is 0 Å². The zero-order chi connectivity index (χ0) is 14.9. The predicted molar refractivity (Wildman–Crippen MR) is 86.6 cm³/mol. The number of hydrogen-bond donors (Lipinski definition) is 0. The van der Waals surface area contributed by atoms with E-state index in [2.05, 4.69) is 0 Å². The molecule has 0 aliphatic carbocycles. The zero-order valence-corrected chi connectivity index (χ0v) is 13.0. The molecule has 2 aromatic carbocycles. The van der Waals surface area contributed by atoms with Gasteiger partial charge in [-0.15, -0.1) is 0 Å². The molecule has 0 aromatic heterocycles. The monoisotopic (exact) mass is 326 g/mol. The third-order valence-corrected chi connectivity index (χ3v) is 4.82. The minimum absolute atomic E-state index is 0.394. The Morgan fingerprint density at radius 1 is 0.714 bits per heavy atom. The average molecular weight is 326 g/mol. The molecule has 112 valence electrons. The molecule has 0 spiro atoms. The molecular weight excluding hydrogens is 310 g/mol. The molecule has 0 N–H and O–H groups in total. The lowest BCUT2D eigenvalue weighted by atomic mass is 10.2. The van der Waals surface area contributed by atoms with E-state index in [1.54, 1.807) is 0 Å². The number of benzene rings is 2. The van der Waals surface area contributed by atoms with E-state index in [1.807, 2.05) is 60.7 Å². The molecule has 0 saturated carbocycles. The molecule has 0 aliphatic rings. The van der Waals surface area contributed by atoms with E-state index in [-0.39, 0.29) is 0 Å². The summed E-state index contributed by atoms with van der Waals surface area (Å²) in [6.45, 7) is -1.05. The van der Waals surface area contributed by atoms with Crippen LogP contribution in [0, 0.1) is 0 Å². The molecule has 5 heteroatoms. The first-order chi connectivity index (χ1) is 10.3. The molecule has 0 saturated heterocycles. The van der Waals surface area contributed by atoms with Gasteiger partial charge in [-0.3, -0.25) is 0 Å². The van der Waals surface area contributed by atoms with Crippen LogP contribution >= 0.6 is 24.1 Å². The quantitative estimate of drug-likeness (QED) is 0.574. The fourth-order valence-corrected chi connectivity index (χ4v) is 3.37. The van der Waals surface area contributed by atoms with Gasteiger partial charge in [-0.05, 0) is 11.1 Å². The van der Waals surface area contributed by atoms with Crippen molar-refractivity contribution in [3.8, 4) is 0 Å². The van der Waals surface area contributed by atoms with E-state index < -0.39 is 23.8 Å². The van der Waals surface area contributed by atoms with Crippen molar-refractivity contribution in [2.24, 2.45) is 0 Å². The van der Waals surface area contributed by atoms with Crippen LogP contribution < -0.4 is 0 Å². The molecular formula is C16H16F2OS2. The minimum atomic E-state index is -0.527. The maximum absolute atomic E-state index is 13.1. The summed E-state index contributed by atoms with van der Waals surface area (Å²) in [5.41, 5.74) is 1.73. The van der Waals surface area contributed by atoms with Crippen molar-refractivity contribution in [1.82, 2.24) is 0 Å². The fraction of sp³-hybridized carbons (Fsp3) is 0.250. The molecule has 0 heterocycles. The van der Waals surface area contributed by atoms with Gasteiger partial charge < -0.3 is 0 Å². The summed E-state index contributed by atoms with van der Waals surface area (Å²) < 4.78 is 31.6. The highest BCUT2D eigenvalue weighted by Gasteiger charge is 2.17. The van der Waals surface area contributed by atoms with Crippen LogP contribution in [0.4, 0.5) is 8.78 Å². The molecule has 2 unspecified atom stereocenters. The van der Waals surface area contributed by atoms with E-state index >= 15 is 0 Å². The number of halogens is 2. The molecule has 0 aliphatic heterocycles. The van der Waals surface area contributed by atoms with Gasteiger partial charge in [0.25, 0.3) is 0 Å². The second-order valence-corrected chi connectivity index (χ2v) is 6.44. The Bertz CT molecular complexity index is 463. The van der Waals surface area contributed by atoms with Crippen LogP contribution in [0.1, 0.15) is 21.6 Å². The summed E-state index contributed by atoms with van der Waals surface area (Å²) in [7, 11) is 0. The van der Waals surface area contributed by atoms with Crippen LogP contribution in [0.25, 0.3) is 0 Å². The van der Waals surface area contributed by atoms with E-state index in [9.17, 15) is 8.78 Å². The van der Waals surface area contributed by atoms with Crippen molar-refractivity contribution < 1.29 is 12.4 Å². The molecule has 21 heavy (non-hydrogen) atoms. The van der Waals surface area contributed by atoms with Gasteiger partial charge in [0.2, 0.25) is 0 Å². The lowest BCUT2D eigenvalue weighted by Crippen LogP contribution is -1.99. The summed E-state index contributed by atoms with van der Waals surface area (Å²) in [5, 5.41) is -0.788. The van der Waals surface area contributed by atoms with Gasteiger partial charge in [-0.25, -0.2) is 12.4 Å². The first-order valence-corrected chi connectivity index (χ1v) is 8.16. The second-order valence-electron chi connectivity index (χ2n) is 4.37. The first kappa shape index (κ1) is 16.3. The van der Waals surface area contributed by atoms with Crippen molar-refractivity contribution in [1.29, 1.82) is 0 Å². The van der Waals surface area contributed by atoms with Crippen LogP contribution in [0.3, 0.4) is 0 Å². The van der Waals surface area contributed by atoms with Crippen molar-refractivity contribution in [3.63, 3.8) is 0 Å². The highest BCUT2D eigenvalue weighted by molar-refractivity contribution is 8.08. The molecule has 0 radical (unpaired) electrons. The highest BCUT2D eigenvalue weighted by atomic mass is 32.2. The normalized spacial score (nSPS) is 13.8. The third kappa shape index (κ3) is 5.02. The highest BCUT2D eigenvalue weighted by Crippen LogP contribution is 2.38. The van der Waals surface area contributed by atoms with Crippen LogP contribution in [0.15, 0.2) is 60.7 Å². The van der Waals surface area contributed by atoms with Gasteiger partial charge in [0.1, 0.15) is 13.3 Å². The Kier molecular flexibility index (Phi) is 7.06. The van der Waals surface area contributed by atoms with E-state index in [0.29, 0.717) is 0 Å². The van der Waals surface area contributed by atoms with Crippen LogP contribution in [-0.2, 0) is 3.63 Å². The van der Waals surface area contributed by atoms with Crippen LogP contribution in [0.2, 0.25) is 0 Å². The molecule has 1 nitrogen and oxygen atoms in total. The minimum Gasteiger partial charge on any atom is -0.249 e. The Morgan fingerprint density at radius 3 is 1.43 bits per heavy atom. The van der Waals surface area contributed by atoms with Gasteiger partial charge in [0, 0.05) is 24.1 Å². The molecule has 0 amide bonds. The SMILES string of the molecule is FCC(SOSC(CF)c1ccccc1)c1ccccc1. The fourth-order valence-electron chi connectivity index (χ4n) is 1.79. The van der Waals surface area contributed by atoms with E-state index in [0.717, 1.165) is 35.2 Å². The number of rotatable bonds is 8. The smallest absolute Gasteiger partial charge is 0.108 e. The van der Waals surface area contributed by atoms with Crippen molar-refractivity contribution in [3.05, 3.63) is 71.8 Å². The Balaban J connectivity index is 1.87. The topological polar surface area (TPSA) is 9.23 Å². The maximum atomic E-state index is 13.1. The zero-order valence-electron chi connectivity index (χ0n) is 11.3. The predicted octanol–water partition coefficient (Wildman–Crippen LogP) is 5.72. The third-order valence-electron chi connectivity index (χ3n) is 2.93. The second kappa shape index (κ2) is 9.07. The standard InChI is InChI=1S/C16H16F2OS2/c17-11-15(13-7-3-1-4-8-13)20-19-21-16(12-18)14-9-5-2-6-10-14/h1-10,15-16H,11-12H2. The lowest BCUT2D eigenvalue weighted by Gasteiger charge is -2.15. The van der Waals surface area contributed by atoms with Crippen LogP contribution in [-0.4, -0.2) is 13.3 Å². The van der Waals surface area contributed by atoms with Crippen molar-refractivity contribution >= 4 is 24.1 Å². The first-order valence-electron chi connectivity index (χ1n) is 6.55. The largest absolute Gasteiger partial charge is 0.249 e. The number of hydrogen-bond acceptors (Lipinski definition) is 3. The van der Waals surface area contributed by atoms with E-state index in [1.165, 1.54) is 0 Å². The summed E-state index contributed by atoms with van der Waals surface area (Å²) >= 11 is 2.07. The van der Waals surface area contributed by atoms with Gasteiger partial charge in [0.05, 0.1) is 10.5 Å². The maximum Gasteiger partial charge on any atom is 0.108 e. The Morgan fingerprint density at radius 2 is 1.10 bits per heavy atom. The molecule has 2 aromatic rings. The Labute approximate surface area is 132 Å². The summed E-state index contributed by atoms with van der Waals surface area (Å²) in [6, 6.07) is 18.6. The lowest BCUT2D eigenvalue weighted by molar-refractivity contribution is 0.478. The number of alkyl halides is 2. The average Bonchev–Trinajstić information content (AvgIpc) is 2.57. The molecule has 0 fully saturated rings. The summed E-state index contributed by atoms with van der Waals surface area (Å²) in [5.74, 6) is 0. The van der Waals surface area contributed by atoms with E-state index in [4.69, 9.17) is 3.63 Å².